The van der Waals surface area contributed by atoms with Gasteiger partial charge in [-0.3, -0.25) is 4.79 Å². The van der Waals surface area contributed by atoms with E-state index in [9.17, 15) is 17.8 Å². The van der Waals surface area contributed by atoms with Crippen LogP contribution in [-0.4, -0.2) is 35.7 Å². The summed E-state index contributed by atoms with van der Waals surface area (Å²) in [6.07, 6.45) is 0. The molecule has 0 aliphatic heterocycles. The van der Waals surface area contributed by atoms with Gasteiger partial charge in [0.25, 0.3) is 0 Å². The molecule has 0 radical (unpaired) electrons. The molecular formula is C4H6ClNaO5S. The second-order valence-electron chi connectivity index (χ2n) is 1.91. The van der Waals surface area contributed by atoms with Crippen molar-refractivity contribution in [2.75, 3.05) is 11.6 Å². The normalized spacial score (nSPS) is 13.2. The van der Waals surface area contributed by atoms with E-state index in [0.29, 0.717) is 0 Å². The molecule has 0 amide bonds. The maximum atomic E-state index is 10.1. The first-order valence-electron chi connectivity index (χ1n) is 2.59. The van der Waals surface area contributed by atoms with Gasteiger partial charge < -0.3 is 9.66 Å². The molecule has 1 N–H and O–H groups in total. The van der Waals surface area contributed by atoms with Crippen LogP contribution in [0.3, 0.4) is 0 Å². The predicted octanol–water partition coefficient (Wildman–Crippen LogP) is -3.52. The molecule has 8 heteroatoms. The van der Waals surface area contributed by atoms with Gasteiger partial charge >= 0.3 is 35.5 Å². The van der Waals surface area contributed by atoms with Crippen LogP contribution in [0.4, 0.5) is 0 Å². The fourth-order valence-corrected chi connectivity index (χ4v) is 1.55. The monoisotopic (exact) mass is 224 g/mol. The molecule has 0 aromatic carbocycles. The van der Waals surface area contributed by atoms with E-state index in [2.05, 4.69) is 0 Å². The first-order valence-corrected chi connectivity index (χ1v) is 4.70. The minimum atomic E-state index is -4.50. The summed E-state index contributed by atoms with van der Waals surface area (Å²) in [6, 6.07) is 0. The van der Waals surface area contributed by atoms with Crippen molar-refractivity contribution < 1.29 is 52.4 Å². The van der Waals surface area contributed by atoms with Crippen molar-refractivity contribution in [2.45, 2.75) is 0 Å². The molecule has 0 fully saturated rings. The van der Waals surface area contributed by atoms with E-state index < -0.39 is 27.8 Å². The molecule has 1 unspecified atom stereocenters. The van der Waals surface area contributed by atoms with Gasteiger partial charge in [0.1, 0.15) is 0 Å². The molecule has 0 bridgehead atoms. The molecule has 0 aromatic heterocycles. The number of aliphatic carboxylic acids is 1. The topological polar surface area (TPSA) is 94.5 Å². The average molecular weight is 225 g/mol. The predicted molar refractivity (Wildman–Crippen MR) is 36.4 cm³/mol. The Kier molecular flexibility index (Phi) is 7.80. The summed E-state index contributed by atoms with van der Waals surface area (Å²) in [5, 5.41) is 8.25. The summed E-state index contributed by atoms with van der Waals surface area (Å²) in [5.41, 5.74) is 0. The molecule has 5 nitrogen and oxygen atoms in total. The van der Waals surface area contributed by atoms with Crippen molar-refractivity contribution in [1.29, 1.82) is 0 Å². The minimum Gasteiger partial charge on any atom is -0.748 e. The van der Waals surface area contributed by atoms with Gasteiger partial charge in [0.15, 0.2) is 0 Å². The van der Waals surface area contributed by atoms with Crippen LogP contribution < -0.4 is 29.6 Å². The number of carbonyl (C=O) groups is 1. The molecule has 66 valence electrons. The Morgan fingerprint density at radius 2 is 2.00 bits per heavy atom. The largest absolute Gasteiger partial charge is 1.00 e. The number of rotatable bonds is 4. The first kappa shape index (κ1) is 15.2. The Morgan fingerprint density at radius 1 is 1.58 bits per heavy atom. The maximum Gasteiger partial charge on any atom is 1.00 e. The van der Waals surface area contributed by atoms with E-state index in [4.69, 9.17) is 16.7 Å². The van der Waals surface area contributed by atoms with Gasteiger partial charge in [0.05, 0.1) is 21.8 Å². The molecule has 0 aliphatic carbocycles. The van der Waals surface area contributed by atoms with E-state index in [-0.39, 0.29) is 35.4 Å². The molecule has 0 heterocycles. The number of halogens is 1. The summed E-state index contributed by atoms with van der Waals surface area (Å²) in [5.74, 6) is -4.01. The van der Waals surface area contributed by atoms with Gasteiger partial charge in [0.2, 0.25) is 0 Å². The number of hydrogen-bond donors (Lipinski definition) is 1. The second kappa shape index (κ2) is 6.17. The third-order valence-corrected chi connectivity index (χ3v) is 2.12. The zero-order valence-corrected chi connectivity index (χ0v) is 9.93. The first-order chi connectivity index (χ1) is 4.87. The number of hydrogen-bond acceptors (Lipinski definition) is 4. The third kappa shape index (κ3) is 7.33. The summed E-state index contributed by atoms with van der Waals surface area (Å²) >= 11 is 5.08. The number of alkyl halides is 1. The zero-order valence-electron chi connectivity index (χ0n) is 6.36. The van der Waals surface area contributed by atoms with E-state index in [1.165, 1.54) is 0 Å². The Morgan fingerprint density at radius 3 is 2.08 bits per heavy atom. The molecular weight excluding hydrogens is 219 g/mol. The van der Waals surface area contributed by atoms with Gasteiger partial charge in [-0.2, -0.15) is 0 Å². The summed E-state index contributed by atoms with van der Waals surface area (Å²) in [6.45, 7) is 0. The Balaban J connectivity index is 0. The van der Waals surface area contributed by atoms with Crippen molar-refractivity contribution in [3.63, 3.8) is 0 Å². The number of carboxylic acids is 1. The van der Waals surface area contributed by atoms with E-state index in [1.807, 2.05) is 0 Å². The van der Waals surface area contributed by atoms with E-state index in [0.717, 1.165) is 0 Å². The van der Waals surface area contributed by atoms with Crippen molar-refractivity contribution in [1.82, 2.24) is 0 Å². The van der Waals surface area contributed by atoms with E-state index in [1.54, 1.807) is 0 Å². The van der Waals surface area contributed by atoms with Crippen LogP contribution in [0.15, 0.2) is 0 Å². The zero-order chi connectivity index (χ0) is 9.07. The second-order valence-corrected chi connectivity index (χ2v) is 3.67. The molecule has 0 aromatic rings. The van der Waals surface area contributed by atoms with Gasteiger partial charge in [-0.1, -0.05) is 0 Å². The molecule has 0 saturated heterocycles. The Hall–Kier alpha value is 0.670. The molecule has 12 heavy (non-hydrogen) atoms. The van der Waals surface area contributed by atoms with Crippen molar-refractivity contribution in [3.05, 3.63) is 0 Å². The maximum absolute atomic E-state index is 10.1. The summed E-state index contributed by atoms with van der Waals surface area (Å²) < 4.78 is 30.1. The molecule has 0 rings (SSSR count). The molecule has 1 atom stereocenters. The fourth-order valence-electron chi connectivity index (χ4n) is 0.428. The molecule has 0 spiro atoms. The molecule has 0 aliphatic rings. The quantitative estimate of drug-likeness (QED) is 0.303. The van der Waals surface area contributed by atoms with Crippen molar-refractivity contribution in [3.8, 4) is 0 Å². The van der Waals surface area contributed by atoms with Crippen molar-refractivity contribution >= 4 is 27.7 Å². The van der Waals surface area contributed by atoms with Gasteiger partial charge in [-0.25, -0.2) is 8.42 Å². The van der Waals surface area contributed by atoms with Crippen LogP contribution in [-0.2, 0) is 14.9 Å². The third-order valence-electron chi connectivity index (χ3n) is 0.941. The van der Waals surface area contributed by atoms with Crippen LogP contribution >= 0.6 is 11.6 Å². The Bertz CT molecular complexity index is 238. The average Bonchev–Trinajstić information content (AvgIpc) is 1.80. The molecule has 0 saturated carbocycles. The fraction of sp³-hybridized carbons (Fsp3) is 0.750. The summed E-state index contributed by atoms with van der Waals surface area (Å²) in [7, 11) is -4.50. The smallest absolute Gasteiger partial charge is 0.748 e. The number of carboxylic acid groups (broad SMARTS) is 1. The SMILES string of the molecule is O=C(O)C(CCl)CS(=O)(=O)[O-].[Na+]. The van der Waals surface area contributed by atoms with Crippen LogP contribution in [0.25, 0.3) is 0 Å². The van der Waals surface area contributed by atoms with Gasteiger partial charge in [-0.15, -0.1) is 11.6 Å². The van der Waals surface area contributed by atoms with Crippen LogP contribution in [0, 0.1) is 5.92 Å². The van der Waals surface area contributed by atoms with Gasteiger partial charge in [-0.05, 0) is 0 Å². The van der Waals surface area contributed by atoms with Crippen LogP contribution in [0.1, 0.15) is 0 Å². The van der Waals surface area contributed by atoms with Gasteiger partial charge in [0, 0.05) is 5.88 Å². The standard InChI is InChI=1S/C4H7ClO5S.Na/c5-1-3(4(6)7)2-11(8,9)10;/h3H,1-2H2,(H,6,7)(H,8,9,10);/q;+1/p-1. The van der Waals surface area contributed by atoms with Crippen LogP contribution in [0.2, 0.25) is 0 Å². The van der Waals surface area contributed by atoms with Crippen LogP contribution in [0.5, 0.6) is 0 Å². The summed E-state index contributed by atoms with van der Waals surface area (Å²) in [4.78, 5) is 10.1. The van der Waals surface area contributed by atoms with Crippen molar-refractivity contribution in [2.24, 2.45) is 5.92 Å². The van der Waals surface area contributed by atoms with E-state index >= 15 is 0 Å². The Labute approximate surface area is 97.1 Å². The minimum absolute atomic E-state index is 0.